The Bertz CT molecular complexity index is 1060. The molecule has 0 radical (unpaired) electrons. The van der Waals surface area contributed by atoms with Crippen molar-refractivity contribution in [3.8, 4) is 5.75 Å². The van der Waals surface area contributed by atoms with Gasteiger partial charge in [0.25, 0.3) is 0 Å². The Balaban J connectivity index is 1.46. The van der Waals surface area contributed by atoms with Crippen molar-refractivity contribution in [2.24, 2.45) is 0 Å². The molecule has 0 saturated carbocycles. The molecule has 1 aliphatic heterocycles. The summed E-state index contributed by atoms with van der Waals surface area (Å²) < 4.78 is 5.92. The number of benzene rings is 2. The van der Waals surface area contributed by atoms with Gasteiger partial charge in [-0.15, -0.1) is 0 Å². The number of pyridine rings is 1. The summed E-state index contributed by atoms with van der Waals surface area (Å²) in [7, 11) is 0. The third-order valence-corrected chi connectivity index (χ3v) is 5.63. The van der Waals surface area contributed by atoms with Crippen LogP contribution in [0.3, 0.4) is 0 Å². The fourth-order valence-electron chi connectivity index (χ4n) is 3.83. The summed E-state index contributed by atoms with van der Waals surface area (Å²) in [6.07, 6.45) is 3.91. The quantitative estimate of drug-likeness (QED) is 0.462. The molecule has 3 aromatic rings. The molecule has 0 bridgehead atoms. The van der Waals surface area contributed by atoms with Gasteiger partial charge in [0.15, 0.2) is 0 Å². The molecule has 0 amide bonds. The van der Waals surface area contributed by atoms with Crippen LogP contribution in [0, 0.1) is 0 Å². The van der Waals surface area contributed by atoms with Gasteiger partial charge in [0.1, 0.15) is 5.75 Å². The molecule has 0 fully saturated rings. The van der Waals surface area contributed by atoms with E-state index < -0.39 is 5.97 Å². The summed E-state index contributed by atoms with van der Waals surface area (Å²) >= 11 is 0. The summed E-state index contributed by atoms with van der Waals surface area (Å²) in [4.78, 5) is 15.5. The number of anilines is 3. The van der Waals surface area contributed by atoms with Gasteiger partial charge in [0, 0.05) is 36.1 Å². The van der Waals surface area contributed by atoms with Crippen molar-refractivity contribution in [1.29, 1.82) is 0 Å². The van der Waals surface area contributed by atoms with Crippen LogP contribution in [0.1, 0.15) is 53.6 Å². The van der Waals surface area contributed by atoms with Crippen molar-refractivity contribution in [2.45, 2.75) is 32.1 Å². The maximum absolute atomic E-state index is 11.4. The van der Waals surface area contributed by atoms with Gasteiger partial charge in [-0.3, -0.25) is 4.98 Å². The second kappa shape index (κ2) is 9.08. The Morgan fingerprint density at radius 2 is 1.94 bits per heavy atom. The number of rotatable bonds is 7. The van der Waals surface area contributed by atoms with Crippen LogP contribution in [-0.4, -0.2) is 29.2 Å². The van der Waals surface area contributed by atoms with E-state index in [4.69, 9.17) is 4.74 Å². The second-order valence-corrected chi connectivity index (χ2v) is 8.10. The Kier molecular flexibility index (Phi) is 6.07. The highest BCUT2D eigenvalue weighted by Crippen LogP contribution is 2.36. The maximum atomic E-state index is 11.4. The number of carboxylic acids is 1. The minimum atomic E-state index is -0.963. The predicted molar refractivity (Wildman–Crippen MR) is 123 cm³/mol. The molecule has 4 rings (SSSR count). The monoisotopic (exact) mass is 417 g/mol. The van der Waals surface area contributed by atoms with Crippen molar-refractivity contribution < 1.29 is 14.6 Å². The molecular weight excluding hydrogens is 390 g/mol. The zero-order valence-corrected chi connectivity index (χ0v) is 17.8. The summed E-state index contributed by atoms with van der Waals surface area (Å²) in [6.45, 7) is 5.62. The van der Waals surface area contributed by atoms with E-state index in [0.29, 0.717) is 24.8 Å². The topological polar surface area (TPSA) is 83.5 Å². The van der Waals surface area contributed by atoms with Gasteiger partial charge >= 0.3 is 5.97 Å². The molecule has 0 spiro atoms. The van der Waals surface area contributed by atoms with Crippen molar-refractivity contribution in [1.82, 2.24) is 4.98 Å². The van der Waals surface area contributed by atoms with E-state index >= 15 is 0 Å². The van der Waals surface area contributed by atoms with Crippen LogP contribution >= 0.6 is 0 Å². The van der Waals surface area contributed by atoms with Gasteiger partial charge in [0.2, 0.25) is 0 Å². The fourth-order valence-corrected chi connectivity index (χ4v) is 3.83. The number of aromatic nitrogens is 1. The normalized spacial score (nSPS) is 15.1. The lowest BCUT2D eigenvalue weighted by molar-refractivity contribution is 0.0697. The second-order valence-electron chi connectivity index (χ2n) is 8.10. The fraction of sp³-hybridized carbons (Fsp3) is 0.280. The summed E-state index contributed by atoms with van der Waals surface area (Å²) in [5.41, 5.74) is 5.22. The van der Waals surface area contributed by atoms with E-state index in [1.165, 1.54) is 17.8 Å². The van der Waals surface area contributed by atoms with Gasteiger partial charge in [-0.1, -0.05) is 32.0 Å². The Morgan fingerprint density at radius 1 is 1.16 bits per heavy atom. The minimum absolute atomic E-state index is 0.227. The van der Waals surface area contributed by atoms with E-state index in [0.717, 1.165) is 29.1 Å². The molecule has 2 aromatic carbocycles. The minimum Gasteiger partial charge on any atom is -0.493 e. The first-order valence-electron chi connectivity index (χ1n) is 10.6. The summed E-state index contributed by atoms with van der Waals surface area (Å²) in [5.74, 6) is 0.640. The molecule has 1 atom stereocenters. The number of aromatic carboxylic acids is 1. The van der Waals surface area contributed by atoms with E-state index in [-0.39, 0.29) is 11.5 Å². The number of ether oxygens (including phenoxy) is 1. The molecule has 3 N–H and O–H groups in total. The SMILES string of the molecule is CC(C)c1ccc(Nc2ccc3c(c2)OCC[C@H]3CNc2cnccc2C(=O)O)cc1. The molecule has 0 unspecified atom stereocenters. The number of nitrogens with zero attached hydrogens (tertiary/aromatic N) is 1. The predicted octanol–water partition coefficient (Wildman–Crippen LogP) is 5.63. The Labute approximate surface area is 182 Å². The number of fused-ring (bicyclic) bond motifs is 1. The number of nitrogens with one attached hydrogen (secondary N) is 2. The summed E-state index contributed by atoms with van der Waals surface area (Å²) in [6, 6.07) is 16.2. The smallest absolute Gasteiger partial charge is 0.337 e. The molecule has 6 heteroatoms. The lowest BCUT2D eigenvalue weighted by Crippen LogP contribution is -2.21. The third kappa shape index (κ3) is 4.79. The molecule has 1 aliphatic rings. The highest BCUT2D eigenvalue weighted by molar-refractivity contribution is 5.93. The molecule has 160 valence electrons. The first-order valence-corrected chi connectivity index (χ1v) is 10.6. The average molecular weight is 418 g/mol. The van der Waals surface area contributed by atoms with Crippen molar-refractivity contribution in [2.75, 3.05) is 23.8 Å². The van der Waals surface area contributed by atoms with Gasteiger partial charge in [-0.25, -0.2) is 4.79 Å². The highest BCUT2D eigenvalue weighted by atomic mass is 16.5. The van der Waals surface area contributed by atoms with E-state index in [1.807, 2.05) is 6.07 Å². The van der Waals surface area contributed by atoms with Crippen molar-refractivity contribution in [3.05, 3.63) is 77.6 Å². The third-order valence-electron chi connectivity index (χ3n) is 5.63. The van der Waals surface area contributed by atoms with Crippen LogP contribution in [0.25, 0.3) is 0 Å². The Morgan fingerprint density at radius 3 is 2.68 bits per heavy atom. The van der Waals surface area contributed by atoms with Gasteiger partial charge in [0.05, 0.1) is 24.1 Å². The highest BCUT2D eigenvalue weighted by Gasteiger charge is 2.22. The standard InChI is InChI=1S/C25H27N3O3/c1-16(2)17-3-5-19(6-4-17)28-20-7-8-21-18(10-12-31-24(21)13-20)14-27-23-15-26-11-9-22(23)25(29)30/h3-9,11,13,15-16,18,27-28H,10,12,14H2,1-2H3,(H,29,30)/t18-/m0/s1. The van der Waals surface area contributed by atoms with Gasteiger partial charge < -0.3 is 20.5 Å². The Hall–Kier alpha value is -3.54. The molecule has 1 aromatic heterocycles. The summed E-state index contributed by atoms with van der Waals surface area (Å²) in [5, 5.41) is 16.1. The number of hydrogen-bond donors (Lipinski definition) is 3. The molecular formula is C25H27N3O3. The lowest BCUT2D eigenvalue weighted by atomic mass is 9.92. The molecule has 31 heavy (non-hydrogen) atoms. The van der Waals surface area contributed by atoms with Crippen LogP contribution in [0.5, 0.6) is 5.75 Å². The first kappa shape index (κ1) is 20.7. The van der Waals surface area contributed by atoms with E-state index in [1.54, 1.807) is 6.20 Å². The van der Waals surface area contributed by atoms with Crippen LogP contribution in [-0.2, 0) is 0 Å². The number of carboxylic acid groups (broad SMARTS) is 1. The van der Waals surface area contributed by atoms with Gasteiger partial charge in [-0.2, -0.15) is 0 Å². The number of hydrogen-bond acceptors (Lipinski definition) is 5. The average Bonchev–Trinajstić information content (AvgIpc) is 2.78. The molecule has 0 saturated heterocycles. The van der Waals surface area contributed by atoms with Crippen molar-refractivity contribution >= 4 is 23.0 Å². The lowest BCUT2D eigenvalue weighted by Gasteiger charge is -2.27. The van der Waals surface area contributed by atoms with E-state index in [2.05, 4.69) is 65.9 Å². The zero-order chi connectivity index (χ0) is 21.8. The first-order chi connectivity index (χ1) is 15.0. The largest absolute Gasteiger partial charge is 0.493 e. The van der Waals surface area contributed by atoms with Crippen molar-refractivity contribution in [3.63, 3.8) is 0 Å². The van der Waals surface area contributed by atoms with Gasteiger partial charge in [-0.05, 0) is 47.7 Å². The van der Waals surface area contributed by atoms with E-state index in [9.17, 15) is 9.90 Å². The molecule has 0 aliphatic carbocycles. The number of carbonyl (C=O) groups is 1. The molecule has 2 heterocycles. The van der Waals surface area contributed by atoms with Crippen LogP contribution in [0.2, 0.25) is 0 Å². The zero-order valence-electron chi connectivity index (χ0n) is 17.8. The van der Waals surface area contributed by atoms with Crippen LogP contribution in [0.4, 0.5) is 17.1 Å². The van der Waals surface area contributed by atoms with Crippen LogP contribution < -0.4 is 15.4 Å². The maximum Gasteiger partial charge on any atom is 0.337 e. The molecule has 6 nitrogen and oxygen atoms in total. The van der Waals surface area contributed by atoms with Crippen LogP contribution in [0.15, 0.2) is 60.9 Å².